The Balaban J connectivity index is 2.43. The minimum absolute atomic E-state index is 0.322. The molecule has 0 aromatic heterocycles. The van der Waals surface area contributed by atoms with Crippen LogP contribution >= 0.6 is 0 Å². The third-order valence-electron chi connectivity index (χ3n) is 1.47. The van der Waals surface area contributed by atoms with Crippen molar-refractivity contribution in [2.24, 2.45) is 0 Å². The van der Waals surface area contributed by atoms with Crippen molar-refractivity contribution < 1.29 is 9.53 Å². The number of hydrogen-bond donors (Lipinski definition) is 1. The van der Waals surface area contributed by atoms with Crippen LogP contribution in [0.25, 0.3) is 0 Å². The van der Waals surface area contributed by atoms with Crippen molar-refractivity contribution in [3.05, 3.63) is 12.2 Å². The van der Waals surface area contributed by atoms with E-state index in [2.05, 4.69) is 5.43 Å². The zero-order chi connectivity index (χ0) is 9.90. The molecule has 0 aliphatic carbocycles. The lowest BCUT2D eigenvalue weighted by molar-refractivity contribution is 0.0166. The molecule has 0 spiro atoms. The van der Waals surface area contributed by atoms with Gasteiger partial charge in [0.15, 0.2) is 0 Å². The van der Waals surface area contributed by atoms with Gasteiger partial charge >= 0.3 is 6.09 Å². The molecule has 0 fully saturated rings. The second-order valence-electron chi connectivity index (χ2n) is 3.92. The zero-order valence-corrected chi connectivity index (χ0v) is 8.33. The first-order chi connectivity index (χ1) is 5.99. The van der Waals surface area contributed by atoms with Gasteiger partial charge in [0.25, 0.3) is 0 Å². The van der Waals surface area contributed by atoms with E-state index in [9.17, 15) is 4.79 Å². The fraction of sp³-hybridized carbons (Fsp3) is 0.667. The largest absolute Gasteiger partial charge is 0.443 e. The number of rotatable bonds is 0. The number of carbonyl (C=O) groups excluding carboxylic acids is 1. The highest BCUT2D eigenvalue weighted by atomic mass is 16.6. The molecule has 1 N–H and O–H groups in total. The Morgan fingerprint density at radius 2 is 2.15 bits per heavy atom. The summed E-state index contributed by atoms with van der Waals surface area (Å²) in [7, 11) is 0. The van der Waals surface area contributed by atoms with Gasteiger partial charge < -0.3 is 4.74 Å². The van der Waals surface area contributed by atoms with Crippen molar-refractivity contribution >= 4 is 6.09 Å². The molecule has 1 aliphatic rings. The van der Waals surface area contributed by atoms with Crippen molar-refractivity contribution in [2.75, 3.05) is 13.1 Å². The van der Waals surface area contributed by atoms with Crippen molar-refractivity contribution in [1.29, 1.82) is 0 Å². The fourth-order valence-electron chi connectivity index (χ4n) is 0.947. The number of nitrogens with zero attached hydrogens (tertiary/aromatic N) is 1. The van der Waals surface area contributed by atoms with Crippen LogP contribution in [0.5, 0.6) is 0 Å². The van der Waals surface area contributed by atoms with Crippen LogP contribution in [0.3, 0.4) is 0 Å². The molecule has 1 heterocycles. The van der Waals surface area contributed by atoms with E-state index in [0.29, 0.717) is 13.1 Å². The highest BCUT2D eigenvalue weighted by Gasteiger charge is 2.21. The average Bonchev–Trinajstić information content (AvgIpc) is 2.03. The van der Waals surface area contributed by atoms with Gasteiger partial charge in [0.2, 0.25) is 0 Å². The third-order valence-corrected chi connectivity index (χ3v) is 1.47. The molecule has 1 rings (SSSR count). The highest BCUT2D eigenvalue weighted by Crippen LogP contribution is 2.09. The lowest BCUT2D eigenvalue weighted by Gasteiger charge is -2.28. The molecule has 4 heteroatoms. The molecule has 0 aromatic rings. The van der Waals surface area contributed by atoms with Gasteiger partial charge in [0.05, 0.1) is 6.54 Å². The molecule has 74 valence electrons. The van der Waals surface area contributed by atoms with Gasteiger partial charge in [-0.25, -0.2) is 15.2 Å². The summed E-state index contributed by atoms with van der Waals surface area (Å²) >= 11 is 0. The second kappa shape index (κ2) is 3.79. The number of hydrazine groups is 1. The molecule has 0 atom stereocenters. The van der Waals surface area contributed by atoms with Gasteiger partial charge in [-0.05, 0) is 20.8 Å². The summed E-state index contributed by atoms with van der Waals surface area (Å²) in [6.45, 7) is 6.80. The van der Waals surface area contributed by atoms with E-state index < -0.39 is 5.60 Å². The van der Waals surface area contributed by atoms with Crippen LogP contribution in [0.4, 0.5) is 4.79 Å². The summed E-state index contributed by atoms with van der Waals surface area (Å²) < 4.78 is 5.17. The van der Waals surface area contributed by atoms with Crippen molar-refractivity contribution in [1.82, 2.24) is 10.4 Å². The van der Waals surface area contributed by atoms with E-state index in [1.165, 1.54) is 5.01 Å². The van der Waals surface area contributed by atoms with E-state index in [0.717, 1.165) is 0 Å². The first kappa shape index (κ1) is 10.1. The maximum atomic E-state index is 11.4. The third kappa shape index (κ3) is 3.46. The molecule has 0 aromatic carbocycles. The monoisotopic (exact) mass is 184 g/mol. The molecule has 1 amide bonds. The fourth-order valence-corrected chi connectivity index (χ4v) is 0.947. The SMILES string of the molecule is CC(C)(C)OC(=O)N1CC=CCN1. The lowest BCUT2D eigenvalue weighted by Crippen LogP contribution is -2.47. The van der Waals surface area contributed by atoms with Gasteiger partial charge in [0, 0.05) is 6.54 Å². The standard InChI is InChI=1S/C9H16N2O2/c1-9(2,3)13-8(12)11-7-5-4-6-10-11/h4-5,10H,6-7H2,1-3H3. The molecular formula is C9H16N2O2. The molecule has 1 aliphatic heterocycles. The lowest BCUT2D eigenvalue weighted by atomic mass is 10.2. The van der Waals surface area contributed by atoms with Crippen LogP contribution in [-0.4, -0.2) is 29.8 Å². The van der Waals surface area contributed by atoms with Gasteiger partial charge in [-0.2, -0.15) is 0 Å². The summed E-state index contributed by atoms with van der Waals surface area (Å²) in [6.07, 6.45) is 3.58. The van der Waals surface area contributed by atoms with E-state index in [4.69, 9.17) is 4.74 Å². The molecule has 0 radical (unpaired) electrons. The topological polar surface area (TPSA) is 41.6 Å². The van der Waals surface area contributed by atoms with Crippen LogP contribution in [0.15, 0.2) is 12.2 Å². The Bertz CT molecular complexity index is 218. The molecule has 4 nitrogen and oxygen atoms in total. The van der Waals surface area contributed by atoms with Gasteiger partial charge in [0.1, 0.15) is 5.60 Å². The summed E-state index contributed by atoms with van der Waals surface area (Å²) in [5, 5.41) is 1.46. The summed E-state index contributed by atoms with van der Waals surface area (Å²) in [6, 6.07) is 0. The smallest absolute Gasteiger partial charge is 0.425 e. The Labute approximate surface area is 78.5 Å². The first-order valence-electron chi connectivity index (χ1n) is 4.38. The second-order valence-corrected chi connectivity index (χ2v) is 3.92. The maximum absolute atomic E-state index is 11.4. The Morgan fingerprint density at radius 1 is 1.46 bits per heavy atom. The normalized spacial score (nSPS) is 17.3. The van der Waals surface area contributed by atoms with Crippen LogP contribution < -0.4 is 5.43 Å². The molecule has 0 unspecified atom stereocenters. The predicted octanol–water partition coefficient (Wildman–Crippen LogP) is 1.30. The Morgan fingerprint density at radius 3 is 2.62 bits per heavy atom. The molecule has 0 bridgehead atoms. The number of amides is 1. The van der Waals surface area contributed by atoms with Gasteiger partial charge in [-0.15, -0.1) is 0 Å². The van der Waals surface area contributed by atoms with Crippen molar-refractivity contribution in [3.63, 3.8) is 0 Å². The summed E-state index contributed by atoms with van der Waals surface area (Å²) in [5.41, 5.74) is 2.48. The van der Waals surface area contributed by atoms with Crippen LogP contribution in [0.1, 0.15) is 20.8 Å². The molecule has 0 saturated carbocycles. The number of hydrogen-bond acceptors (Lipinski definition) is 3. The summed E-state index contributed by atoms with van der Waals surface area (Å²) in [5.74, 6) is 0. The van der Waals surface area contributed by atoms with E-state index >= 15 is 0 Å². The van der Waals surface area contributed by atoms with Crippen molar-refractivity contribution in [3.8, 4) is 0 Å². The highest BCUT2D eigenvalue weighted by molar-refractivity contribution is 5.67. The van der Waals surface area contributed by atoms with E-state index in [1.54, 1.807) is 0 Å². The van der Waals surface area contributed by atoms with Crippen LogP contribution in [-0.2, 0) is 4.74 Å². The van der Waals surface area contributed by atoms with Gasteiger partial charge in [-0.3, -0.25) is 0 Å². The molecule has 0 saturated heterocycles. The average molecular weight is 184 g/mol. The number of nitrogens with one attached hydrogen (secondary N) is 1. The summed E-state index contributed by atoms with van der Waals surface area (Å²) in [4.78, 5) is 11.4. The Kier molecular flexibility index (Phi) is 2.93. The predicted molar refractivity (Wildman–Crippen MR) is 50.1 cm³/mol. The minimum atomic E-state index is -0.431. The van der Waals surface area contributed by atoms with E-state index in [-0.39, 0.29) is 6.09 Å². The maximum Gasteiger partial charge on any atom is 0.425 e. The molecule has 13 heavy (non-hydrogen) atoms. The number of carbonyl (C=O) groups is 1. The molecular weight excluding hydrogens is 168 g/mol. The Hall–Kier alpha value is -1.03. The number of ether oxygens (including phenoxy) is 1. The van der Waals surface area contributed by atoms with Crippen LogP contribution in [0, 0.1) is 0 Å². The minimum Gasteiger partial charge on any atom is -0.443 e. The van der Waals surface area contributed by atoms with Crippen molar-refractivity contribution in [2.45, 2.75) is 26.4 Å². The van der Waals surface area contributed by atoms with Gasteiger partial charge in [-0.1, -0.05) is 12.2 Å². The first-order valence-corrected chi connectivity index (χ1v) is 4.38. The van der Waals surface area contributed by atoms with Crippen LogP contribution in [0.2, 0.25) is 0 Å². The zero-order valence-electron chi connectivity index (χ0n) is 8.33. The van der Waals surface area contributed by atoms with E-state index in [1.807, 2.05) is 32.9 Å². The quantitative estimate of drug-likeness (QED) is 0.577.